The predicted octanol–water partition coefficient (Wildman–Crippen LogP) is -0.328. The van der Waals surface area contributed by atoms with E-state index in [9.17, 15) is 26.4 Å². The number of hydrogen-bond donors (Lipinski definition) is 2. The first-order valence-electron chi connectivity index (χ1n) is 2.31. The average molecular weight is 206 g/mol. The van der Waals surface area contributed by atoms with Gasteiger partial charge in [0, 0.05) is 0 Å². The highest BCUT2D eigenvalue weighted by molar-refractivity contribution is 7.90. The summed E-state index contributed by atoms with van der Waals surface area (Å²) >= 11 is 0. The number of sulfonamides is 1. The van der Waals surface area contributed by atoms with Crippen LogP contribution in [0.3, 0.4) is 0 Å². The van der Waals surface area contributed by atoms with Crippen molar-refractivity contribution in [2.24, 2.45) is 0 Å². The molecule has 0 saturated carbocycles. The van der Waals surface area contributed by atoms with Gasteiger partial charge in [-0.1, -0.05) is 0 Å². The largest absolute Gasteiger partial charge is 0.511 e. The maximum Gasteiger partial charge on any atom is 0.511 e. The number of carboxylic acid groups (broad SMARTS) is 1. The molecule has 0 aromatic rings. The summed E-state index contributed by atoms with van der Waals surface area (Å²) < 4.78 is 55.0. The summed E-state index contributed by atoms with van der Waals surface area (Å²) in [6.07, 6.45) is 0. The van der Waals surface area contributed by atoms with Crippen molar-refractivity contribution in [3.05, 3.63) is 6.54 Å². The highest BCUT2D eigenvalue weighted by atomic mass is 32.2. The van der Waals surface area contributed by atoms with E-state index < -0.39 is 21.5 Å². The highest BCUT2D eigenvalue weighted by Crippen LogP contribution is 2.21. The Bertz CT molecular complexity index is 268. The summed E-state index contributed by atoms with van der Waals surface area (Å²) in [5.41, 5.74) is -5.50. The fourth-order valence-electron chi connectivity index (χ4n) is 0.195. The van der Waals surface area contributed by atoms with E-state index in [1.807, 2.05) is 0 Å². The second kappa shape index (κ2) is 3.27. The van der Waals surface area contributed by atoms with Crippen LogP contribution in [0.4, 0.5) is 13.2 Å². The van der Waals surface area contributed by atoms with Gasteiger partial charge in [-0.3, -0.25) is 4.79 Å². The van der Waals surface area contributed by atoms with Crippen LogP contribution >= 0.6 is 0 Å². The second-order valence-electron chi connectivity index (χ2n) is 1.55. The third-order valence-electron chi connectivity index (χ3n) is 0.642. The number of hydrogen-bond acceptors (Lipinski definition) is 3. The molecule has 0 fully saturated rings. The molecule has 9 heteroatoms. The fraction of sp³-hybridized carbons (Fsp3) is 0.333. The highest BCUT2D eigenvalue weighted by Gasteiger charge is 2.45. The van der Waals surface area contributed by atoms with Gasteiger partial charge in [-0.2, -0.15) is 17.9 Å². The molecule has 5 nitrogen and oxygen atoms in total. The van der Waals surface area contributed by atoms with E-state index in [1.54, 1.807) is 0 Å². The Morgan fingerprint density at radius 3 is 2.08 bits per heavy atom. The maximum atomic E-state index is 11.4. The molecule has 2 N–H and O–H groups in total. The lowest BCUT2D eigenvalue weighted by molar-refractivity contribution is -0.133. The lowest BCUT2D eigenvalue weighted by Gasteiger charge is -2.06. The van der Waals surface area contributed by atoms with Gasteiger partial charge in [-0.15, -0.1) is 0 Å². The van der Waals surface area contributed by atoms with E-state index in [0.717, 1.165) is 4.72 Å². The van der Waals surface area contributed by atoms with Crippen LogP contribution in [0.2, 0.25) is 0 Å². The number of rotatable bonds is 3. The van der Waals surface area contributed by atoms with E-state index in [0.29, 0.717) is 0 Å². The Morgan fingerprint density at radius 2 is 1.83 bits per heavy atom. The molecule has 71 valence electrons. The number of aliphatic carboxylic acids is 1. The van der Waals surface area contributed by atoms with Crippen LogP contribution in [0.1, 0.15) is 0 Å². The van der Waals surface area contributed by atoms with Gasteiger partial charge in [0.25, 0.3) is 0 Å². The Hall–Kier alpha value is -0.830. The molecule has 0 aliphatic carbocycles. The summed E-state index contributed by atoms with van der Waals surface area (Å²) in [4.78, 5) is 9.62. The SMILES string of the molecule is O=C(O)[CH]NS(=O)(=O)C(F)(F)F. The van der Waals surface area contributed by atoms with Gasteiger partial charge in [0.05, 0.1) is 0 Å². The molecule has 0 atom stereocenters. The normalized spacial score (nSPS) is 12.9. The zero-order valence-corrected chi connectivity index (χ0v) is 6.11. The van der Waals surface area contributed by atoms with Gasteiger partial charge >= 0.3 is 21.5 Å². The van der Waals surface area contributed by atoms with Gasteiger partial charge in [0.2, 0.25) is 0 Å². The maximum absolute atomic E-state index is 11.4. The number of alkyl halides is 3. The molecule has 0 unspecified atom stereocenters. The molecule has 0 aliphatic heterocycles. The average Bonchev–Trinajstić information content (AvgIpc) is 1.81. The fourth-order valence-corrected chi connectivity index (χ4v) is 0.584. The quantitative estimate of drug-likeness (QED) is 0.662. The summed E-state index contributed by atoms with van der Waals surface area (Å²) in [6, 6.07) is 0. The van der Waals surface area contributed by atoms with Crippen LogP contribution < -0.4 is 4.72 Å². The molecule has 0 aliphatic rings. The van der Waals surface area contributed by atoms with Gasteiger partial charge in [-0.05, 0) is 0 Å². The van der Waals surface area contributed by atoms with E-state index in [1.165, 1.54) is 0 Å². The van der Waals surface area contributed by atoms with E-state index in [-0.39, 0.29) is 6.54 Å². The second-order valence-corrected chi connectivity index (χ2v) is 3.26. The topological polar surface area (TPSA) is 83.5 Å². The molecular formula is C3H3F3NO4S. The molecule has 0 amide bonds. The Balaban J connectivity index is 4.37. The molecule has 0 saturated heterocycles. The third kappa shape index (κ3) is 3.05. The number of carboxylic acids is 1. The zero-order valence-electron chi connectivity index (χ0n) is 5.29. The smallest absolute Gasteiger partial charge is 0.480 e. The van der Waals surface area contributed by atoms with Crippen LogP contribution in [-0.4, -0.2) is 25.0 Å². The van der Waals surface area contributed by atoms with Crippen LogP contribution in [0.15, 0.2) is 0 Å². The minimum atomic E-state index is -5.58. The van der Waals surface area contributed by atoms with Crippen molar-refractivity contribution in [1.82, 2.24) is 4.72 Å². The molecule has 0 spiro atoms. The number of nitrogens with one attached hydrogen (secondary N) is 1. The molecule has 12 heavy (non-hydrogen) atoms. The van der Waals surface area contributed by atoms with E-state index >= 15 is 0 Å². The van der Waals surface area contributed by atoms with E-state index in [2.05, 4.69) is 0 Å². The van der Waals surface area contributed by atoms with Gasteiger partial charge in [0.1, 0.15) is 6.54 Å². The number of carbonyl (C=O) groups is 1. The zero-order chi connectivity index (χ0) is 9.99. The lowest BCUT2D eigenvalue weighted by atomic mass is 10.7. The standard InChI is InChI=1S/C3H3F3NO4S/c4-3(5,6)12(10,11)7-1-2(8)9/h1,7H,(H,8,9). The van der Waals surface area contributed by atoms with Crippen molar-refractivity contribution in [2.75, 3.05) is 0 Å². The Morgan fingerprint density at radius 1 is 1.42 bits per heavy atom. The molecule has 1 radical (unpaired) electrons. The predicted molar refractivity (Wildman–Crippen MR) is 30.0 cm³/mol. The van der Waals surface area contributed by atoms with Gasteiger partial charge in [-0.25, -0.2) is 8.42 Å². The summed E-state index contributed by atoms with van der Waals surface area (Å²) in [6.45, 7) is -0.219. The lowest BCUT2D eigenvalue weighted by Crippen LogP contribution is -2.36. The first-order valence-corrected chi connectivity index (χ1v) is 3.80. The first kappa shape index (κ1) is 11.2. The molecule has 0 aromatic heterocycles. The molecule has 0 bridgehead atoms. The van der Waals surface area contributed by atoms with Crippen LogP contribution in [0, 0.1) is 6.54 Å². The van der Waals surface area contributed by atoms with Crippen LogP contribution in [-0.2, 0) is 14.8 Å². The monoisotopic (exact) mass is 206 g/mol. The Labute approximate surface area is 65.2 Å². The van der Waals surface area contributed by atoms with Gasteiger partial charge < -0.3 is 5.11 Å². The van der Waals surface area contributed by atoms with Crippen molar-refractivity contribution in [1.29, 1.82) is 0 Å². The van der Waals surface area contributed by atoms with Gasteiger partial charge in [0.15, 0.2) is 0 Å². The van der Waals surface area contributed by atoms with Crippen molar-refractivity contribution in [2.45, 2.75) is 5.51 Å². The third-order valence-corrected chi connectivity index (χ3v) is 1.68. The molecule has 0 aromatic carbocycles. The molecular weight excluding hydrogens is 203 g/mol. The molecule has 0 heterocycles. The molecule has 0 rings (SSSR count). The minimum absolute atomic E-state index is 0.219. The van der Waals surface area contributed by atoms with Crippen molar-refractivity contribution in [3.63, 3.8) is 0 Å². The van der Waals surface area contributed by atoms with Crippen molar-refractivity contribution in [3.8, 4) is 0 Å². The number of halogens is 3. The summed E-state index contributed by atoms with van der Waals surface area (Å²) in [5.74, 6) is -1.82. The Kier molecular flexibility index (Phi) is 3.04. The minimum Gasteiger partial charge on any atom is -0.480 e. The summed E-state index contributed by atoms with van der Waals surface area (Å²) in [7, 11) is -5.58. The van der Waals surface area contributed by atoms with Crippen LogP contribution in [0.25, 0.3) is 0 Å². The first-order chi connectivity index (χ1) is 5.17. The van der Waals surface area contributed by atoms with Crippen molar-refractivity contribution >= 4 is 16.0 Å². The summed E-state index contributed by atoms with van der Waals surface area (Å²) in [5, 5.41) is 7.79. The van der Waals surface area contributed by atoms with Crippen molar-refractivity contribution < 1.29 is 31.5 Å². The van der Waals surface area contributed by atoms with Crippen LogP contribution in [0.5, 0.6) is 0 Å². The van der Waals surface area contributed by atoms with E-state index in [4.69, 9.17) is 5.11 Å².